The van der Waals surface area contributed by atoms with Crippen LogP contribution in [-0.2, 0) is 17.6 Å². The number of benzene rings is 1. The van der Waals surface area contributed by atoms with Crippen LogP contribution < -0.4 is 4.74 Å². The lowest BCUT2D eigenvalue weighted by molar-refractivity contribution is -0.134. The second kappa shape index (κ2) is 13.0. The van der Waals surface area contributed by atoms with Crippen molar-refractivity contribution in [2.45, 2.75) is 97.8 Å². The summed E-state index contributed by atoms with van der Waals surface area (Å²) in [7, 11) is 0. The van der Waals surface area contributed by atoms with E-state index in [2.05, 4.69) is 26.8 Å². The van der Waals surface area contributed by atoms with Crippen LogP contribution in [0.15, 0.2) is 18.2 Å². The Bertz CT molecular complexity index is 465. The smallest absolute Gasteiger partial charge is 0.311 e. The second-order valence-electron chi connectivity index (χ2n) is 6.65. The van der Waals surface area contributed by atoms with Crippen molar-refractivity contribution in [3.63, 3.8) is 0 Å². The van der Waals surface area contributed by atoms with E-state index in [9.17, 15) is 4.79 Å². The Kier molecular flexibility index (Phi) is 11.3. The molecule has 1 rings (SSSR count). The number of hydrogen-bond donors (Lipinski definition) is 0. The molecule has 0 radical (unpaired) electrons. The molecular weight excluding hydrogens is 296 g/mol. The predicted octanol–water partition coefficient (Wildman–Crippen LogP) is 6.64. The average Bonchev–Trinajstić information content (AvgIpc) is 2.60. The summed E-state index contributed by atoms with van der Waals surface area (Å²) in [5.74, 6) is 0.679. The fourth-order valence-electron chi connectivity index (χ4n) is 3.19. The zero-order chi connectivity index (χ0) is 17.6. The largest absolute Gasteiger partial charge is 0.426 e. The van der Waals surface area contributed by atoms with Crippen LogP contribution in [0.3, 0.4) is 0 Å². The number of unbranched alkanes of at least 4 members (excludes halogenated alkanes) is 8. The molecule has 2 nitrogen and oxygen atoms in total. The fraction of sp³-hybridized carbons (Fsp3) is 0.682. The first-order chi connectivity index (χ1) is 11.7. The van der Waals surface area contributed by atoms with Gasteiger partial charge in [0.15, 0.2) is 0 Å². The molecule has 0 amide bonds. The maximum Gasteiger partial charge on any atom is 0.311 e. The molecule has 0 aliphatic carbocycles. The van der Waals surface area contributed by atoms with Crippen molar-refractivity contribution in [1.82, 2.24) is 0 Å². The quantitative estimate of drug-likeness (QED) is 0.230. The van der Waals surface area contributed by atoms with Gasteiger partial charge in [0.1, 0.15) is 5.75 Å². The summed E-state index contributed by atoms with van der Waals surface area (Å²) >= 11 is 0. The Balaban J connectivity index is 2.21. The Morgan fingerprint density at radius 2 is 1.46 bits per heavy atom. The topological polar surface area (TPSA) is 26.3 Å². The molecule has 0 spiro atoms. The van der Waals surface area contributed by atoms with Gasteiger partial charge in [-0.15, -0.1) is 0 Å². The molecule has 0 saturated carbocycles. The molecule has 24 heavy (non-hydrogen) atoms. The molecule has 0 heterocycles. The lowest BCUT2D eigenvalue weighted by atomic mass is 10.0. The fourth-order valence-corrected chi connectivity index (χ4v) is 3.19. The van der Waals surface area contributed by atoms with Gasteiger partial charge in [0.2, 0.25) is 0 Å². The first kappa shape index (κ1) is 20.7. The van der Waals surface area contributed by atoms with E-state index in [1.54, 1.807) is 0 Å². The highest BCUT2D eigenvalue weighted by Gasteiger charge is 2.10. The molecule has 0 bridgehead atoms. The van der Waals surface area contributed by atoms with Crippen LogP contribution in [0.2, 0.25) is 0 Å². The molecule has 1 aromatic carbocycles. The van der Waals surface area contributed by atoms with Crippen LogP contribution in [0.25, 0.3) is 0 Å². The van der Waals surface area contributed by atoms with Crippen molar-refractivity contribution in [3.8, 4) is 5.75 Å². The highest BCUT2D eigenvalue weighted by Crippen LogP contribution is 2.24. The third-order valence-corrected chi connectivity index (χ3v) is 4.67. The molecule has 1 aromatic rings. The number of ether oxygens (including phenoxy) is 1. The first-order valence-corrected chi connectivity index (χ1v) is 10.0. The molecule has 0 N–H and O–H groups in total. The number of carbonyl (C=O) groups is 1. The van der Waals surface area contributed by atoms with Crippen molar-refractivity contribution in [1.29, 1.82) is 0 Å². The molecule has 0 aromatic heterocycles. The van der Waals surface area contributed by atoms with Gasteiger partial charge in [-0.05, 0) is 36.5 Å². The van der Waals surface area contributed by atoms with E-state index in [1.807, 2.05) is 12.1 Å². The van der Waals surface area contributed by atoms with Gasteiger partial charge < -0.3 is 4.74 Å². The van der Waals surface area contributed by atoms with E-state index >= 15 is 0 Å². The molecule has 0 fully saturated rings. The van der Waals surface area contributed by atoms with Gasteiger partial charge in [-0.25, -0.2) is 0 Å². The van der Waals surface area contributed by atoms with Crippen molar-refractivity contribution < 1.29 is 9.53 Å². The number of rotatable bonds is 13. The van der Waals surface area contributed by atoms with Gasteiger partial charge in [0.05, 0.1) is 0 Å². The number of hydrogen-bond acceptors (Lipinski definition) is 2. The SMILES string of the molecule is CCCCCCCCCCCC(=O)Oc1cccc(CC)c1CC. The minimum atomic E-state index is -0.0825. The van der Waals surface area contributed by atoms with Gasteiger partial charge >= 0.3 is 5.97 Å². The van der Waals surface area contributed by atoms with E-state index in [1.165, 1.54) is 56.1 Å². The van der Waals surface area contributed by atoms with Crippen LogP contribution in [-0.4, -0.2) is 5.97 Å². The zero-order valence-electron chi connectivity index (χ0n) is 16.0. The molecule has 136 valence electrons. The summed E-state index contributed by atoms with van der Waals surface area (Å²) in [6.45, 7) is 6.51. The minimum absolute atomic E-state index is 0.0825. The van der Waals surface area contributed by atoms with E-state index < -0.39 is 0 Å². The highest BCUT2D eigenvalue weighted by atomic mass is 16.5. The van der Waals surface area contributed by atoms with Crippen molar-refractivity contribution in [2.24, 2.45) is 0 Å². The Hall–Kier alpha value is -1.31. The summed E-state index contributed by atoms with van der Waals surface area (Å²) < 4.78 is 5.61. The maximum atomic E-state index is 12.1. The van der Waals surface area contributed by atoms with Crippen LogP contribution in [0.1, 0.15) is 96.1 Å². The normalized spacial score (nSPS) is 10.8. The first-order valence-electron chi connectivity index (χ1n) is 10.0. The van der Waals surface area contributed by atoms with E-state index in [0.717, 1.165) is 31.4 Å². The highest BCUT2D eigenvalue weighted by molar-refractivity contribution is 5.72. The lowest BCUT2D eigenvalue weighted by Gasteiger charge is -2.12. The van der Waals surface area contributed by atoms with Crippen LogP contribution in [0, 0.1) is 0 Å². The summed E-state index contributed by atoms with van der Waals surface area (Å²) in [6.07, 6.45) is 13.8. The van der Waals surface area contributed by atoms with Gasteiger partial charge in [-0.2, -0.15) is 0 Å². The van der Waals surface area contributed by atoms with E-state index in [-0.39, 0.29) is 5.97 Å². The lowest BCUT2D eigenvalue weighted by Crippen LogP contribution is -2.09. The molecule has 0 atom stereocenters. The molecule has 0 saturated heterocycles. The zero-order valence-corrected chi connectivity index (χ0v) is 16.0. The molecule has 0 aliphatic rings. The molecular formula is C22H36O2. The second-order valence-corrected chi connectivity index (χ2v) is 6.65. The standard InChI is InChI=1S/C22H36O2/c1-4-7-8-9-10-11-12-13-14-18-22(23)24-21-17-15-16-19(5-2)20(21)6-3/h15-17H,4-14,18H2,1-3H3. The average molecular weight is 333 g/mol. The van der Waals surface area contributed by atoms with Crippen LogP contribution in [0.5, 0.6) is 5.75 Å². The van der Waals surface area contributed by atoms with Crippen molar-refractivity contribution >= 4 is 5.97 Å². The van der Waals surface area contributed by atoms with Gasteiger partial charge in [0, 0.05) is 6.42 Å². The summed E-state index contributed by atoms with van der Waals surface area (Å²) in [5.41, 5.74) is 2.46. The minimum Gasteiger partial charge on any atom is -0.426 e. The number of aryl methyl sites for hydroxylation is 1. The molecule has 0 aliphatic heterocycles. The number of esters is 1. The van der Waals surface area contributed by atoms with Crippen LogP contribution in [0.4, 0.5) is 0 Å². The Morgan fingerprint density at radius 3 is 2.04 bits per heavy atom. The third kappa shape index (κ3) is 7.99. The summed E-state index contributed by atoms with van der Waals surface area (Å²) in [4.78, 5) is 12.1. The van der Waals surface area contributed by atoms with Gasteiger partial charge in [-0.3, -0.25) is 4.79 Å². The van der Waals surface area contributed by atoms with E-state index in [0.29, 0.717) is 6.42 Å². The third-order valence-electron chi connectivity index (χ3n) is 4.67. The van der Waals surface area contributed by atoms with Crippen LogP contribution >= 0.6 is 0 Å². The summed E-state index contributed by atoms with van der Waals surface area (Å²) in [5, 5.41) is 0. The van der Waals surface area contributed by atoms with Crippen molar-refractivity contribution in [3.05, 3.63) is 29.3 Å². The Labute approximate surface area is 149 Å². The number of carbonyl (C=O) groups excluding carboxylic acids is 1. The van der Waals surface area contributed by atoms with Crippen molar-refractivity contribution in [2.75, 3.05) is 0 Å². The van der Waals surface area contributed by atoms with Gasteiger partial charge in [-0.1, -0.05) is 84.3 Å². The maximum absolute atomic E-state index is 12.1. The Morgan fingerprint density at radius 1 is 0.833 bits per heavy atom. The molecule has 0 unspecified atom stereocenters. The van der Waals surface area contributed by atoms with E-state index in [4.69, 9.17) is 4.74 Å². The van der Waals surface area contributed by atoms with Gasteiger partial charge in [0.25, 0.3) is 0 Å². The monoisotopic (exact) mass is 332 g/mol. The molecule has 2 heteroatoms. The summed E-state index contributed by atoms with van der Waals surface area (Å²) in [6, 6.07) is 6.03. The predicted molar refractivity (Wildman–Crippen MR) is 103 cm³/mol.